The molecule has 0 amide bonds. The van der Waals surface area contributed by atoms with Gasteiger partial charge in [-0.15, -0.1) is 0 Å². The summed E-state index contributed by atoms with van der Waals surface area (Å²) in [5.41, 5.74) is 9.60. The van der Waals surface area contributed by atoms with Gasteiger partial charge in [-0.25, -0.2) is 0 Å². The Hall–Kier alpha value is -0.870. The SMILES string of the molecule is CC(C)Cn1nc2c(c1CN)CNCC2. The molecule has 84 valence electrons. The Morgan fingerprint density at radius 3 is 3.00 bits per heavy atom. The summed E-state index contributed by atoms with van der Waals surface area (Å²) in [6, 6.07) is 0. The lowest BCUT2D eigenvalue weighted by Gasteiger charge is -2.12. The van der Waals surface area contributed by atoms with E-state index in [9.17, 15) is 0 Å². The molecule has 0 saturated heterocycles. The summed E-state index contributed by atoms with van der Waals surface area (Å²) in [5, 5.41) is 8.03. The van der Waals surface area contributed by atoms with Crippen molar-refractivity contribution in [3.05, 3.63) is 17.0 Å². The van der Waals surface area contributed by atoms with Crippen LogP contribution in [0.4, 0.5) is 0 Å². The summed E-state index contributed by atoms with van der Waals surface area (Å²) >= 11 is 0. The lowest BCUT2D eigenvalue weighted by molar-refractivity contribution is 0.466. The monoisotopic (exact) mass is 208 g/mol. The Morgan fingerprint density at radius 1 is 1.53 bits per heavy atom. The third-order valence-electron chi connectivity index (χ3n) is 2.82. The van der Waals surface area contributed by atoms with E-state index in [0.717, 1.165) is 26.1 Å². The van der Waals surface area contributed by atoms with Crippen molar-refractivity contribution in [2.45, 2.75) is 39.9 Å². The number of hydrogen-bond donors (Lipinski definition) is 2. The van der Waals surface area contributed by atoms with Crippen LogP contribution in [0.2, 0.25) is 0 Å². The Morgan fingerprint density at radius 2 is 2.33 bits per heavy atom. The fourth-order valence-corrected chi connectivity index (χ4v) is 2.14. The molecule has 4 nitrogen and oxygen atoms in total. The predicted octanol–water partition coefficient (Wildman–Crippen LogP) is 0.643. The first-order valence-electron chi connectivity index (χ1n) is 5.70. The molecule has 0 unspecified atom stereocenters. The van der Waals surface area contributed by atoms with Crippen LogP contribution in [0, 0.1) is 5.92 Å². The van der Waals surface area contributed by atoms with Crippen LogP contribution in [0.25, 0.3) is 0 Å². The third kappa shape index (κ3) is 2.06. The molecule has 3 N–H and O–H groups in total. The minimum atomic E-state index is 0.594. The lowest BCUT2D eigenvalue weighted by atomic mass is 10.1. The first-order chi connectivity index (χ1) is 7.22. The van der Waals surface area contributed by atoms with Crippen LogP contribution >= 0.6 is 0 Å². The highest BCUT2D eigenvalue weighted by Gasteiger charge is 2.19. The highest BCUT2D eigenvalue weighted by molar-refractivity contribution is 5.28. The molecule has 1 aromatic heterocycles. The van der Waals surface area contributed by atoms with Crippen molar-refractivity contribution in [1.82, 2.24) is 15.1 Å². The van der Waals surface area contributed by atoms with Gasteiger partial charge in [-0.3, -0.25) is 4.68 Å². The summed E-state index contributed by atoms with van der Waals surface area (Å²) in [4.78, 5) is 0. The van der Waals surface area contributed by atoms with E-state index in [0.29, 0.717) is 12.5 Å². The predicted molar refractivity (Wildman–Crippen MR) is 60.4 cm³/mol. The first-order valence-corrected chi connectivity index (χ1v) is 5.70. The molecule has 0 atom stereocenters. The number of nitrogens with one attached hydrogen (secondary N) is 1. The zero-order valence-corrected chi connectivity index (χ0v) is 9.58. The van der Waals surface area contributed by atoms with Gasteiger partial charge < -0.3 is 11.1 Å². The number of fused-ring (bicyclic) bond motifs is 1. The fourth-order valence-electron chi connectivity index (χ4n) is 2.14. The van der Waals surface area contributed by atoms with Crippen LogP contribution in [0.3, 0.4) is 0 Å². The first kappa shape index (κ1) is 10.6. The van der Waals surface area contributed by atoms with Gasteiger partial charge in [0, 0.05) is 38.2 Å². The van der Waals surface area contributed by atoms with E-state index in [1.165, 1.54) is 17.0 Å². The molecule has 1 aromatic rings. The standard InChI is InChI=1S/C11H20N4/c1-8(2)7-15-11(5-12)9-6-13-4-3-10(9)14-15/h8,13H,3-7,12H2,1-2H3. The minimum Gasteiger partial charge on any atom is -0.325 e. The van der Waals surface area contributed by atoms with Gasteiger partial charge in [0.25, 0.3) is 0 Å². The van der Waals surface area contributed by atoms with Gasteiger partial charge in [0.05, 0.1) is 11.4 Å². The summed E-state index contributed by atoms with van der Waals surface area (Å²) in [5.74, 6) is 0.615. The number of aromatic nitrogens is 2. The van der Waals surface area contributed by atoms with Crippen molar-refractivity contribution >= 4 is 0 Å². The van der Waals surface area contributed by atoms with Crippen LogP contribution in [-0.4, -0.2) is 16.3 Å². The Labute approximate surface area is 90.8 Å². The van der Waals surface area contributed by atoms with Gasteiger partial charge in [0.2, 0.25) is 0 Å². The molecule has 0 spiro atoms. The van der Waals surface area contributed by atoms with Crippen LogP contribution in [0.5, 0.6) is 0 Å². The quantitative estimate of drug-likeness (QED) is 0.766. The van der Waals surface area contributed by atoms with Gasteiger partial charge in [-0.05, 0) is 5.92 Å². The van der Waals surface area contributed by atoms with Gasteiger partial charge in [0.15, 0.2) is 0 Å². The summed E-state index contributed by atoms with van der Waals surface area (Å²) < 4.78 is 2.10. The molecule has 0 bridgehead atoms. The van der Waals surface area contributed by atoms with E-state index in [1.54, 1.807) is 0 Å². The fraction of sp³-hybridized carbons (Fsp3) is 0.727. The van der Waals surface area contributed by atoms with E-state index in [-0.39, 0.29) is 0 Å². The molecule has 0 aliphatic carbocycles. The lowest BCUT2D eigenvalue weighted by Crippen LogP contribution is -2.24. The summed E-state index contributed by atoms with van der Waals surface area (Å²) in [6.07, 6.45) is 1.04. The van der Waals surface area contributed by atoms with E-state index >= 15 is 0 Å². The maximum atomic E-state index is 5.81. The molecule has 2 rings (SSSR count). The van der Waals surface area contributed by atoms with E-state index < -0.39 is 0 Å². The van der Waals surface area contributed by atoms with Crippen molar-refractivity contribution in [2.24, 2.45) is 11.7 Å². The zero-order chi connectivity index (χ0) is 10.8. The van der Waals surface area contributed by atoms with Crippen LogP contribution < -0.4 is 11.1 Å². The maximum absolute atomic E-state index is 5.81. The largest absolute Gasteiger partial charge is 0.325 e. The van der Waals surface area contributed by atoms with Gasteiger partial charge >= 0.3 is 0 Å². The number of nitrogens with two attached hydrogens (primary N) is 1. The average Bonchev–Trinajstić information content (AvgIpc) is 2.53. The molecule has 0 radical (unpaired) electrons. The third-order valence-corrected chi connectivity index (χ3v) is 2.82. The zero-order valence-electron chi connectivity index (χ0n) is 9.58. The van der Waals surface area contributed by atoms with Crippen molar-refractivity contribution in [2.75, 3.05) is 6.54 Å². The normalized spacial score (nSPS) is 15.7. The Bertz CT molecular complexity index is 341. The molecule has 0 saturated carbocycles. The highest BCUT2D eigenvalue weighted by atomic mass is 15.3. The molecule has 0 fully saturated rings. The Balaban J connectivity index is 2.33. The molecule has 1 aliphatic heterocycles. The average molecular weight is 208 g/mol. The number of rotatable bonds is 3. The van der Waals surface area contributed by atoms with E-state index in [2.05, 4.69) is 28.9 Å². The second-order valence-corrected chi connectivity index (χ2v) is 4.58. The van der Waals surface area contributed by atoms with Gasteiger partial charge in [0.1, 0.15) is 0 Å². The molecular formula is C11H20N4. The molecular weight excluding hydrogens is 188 g/mol. The smallest absolute Gasteiger partial charge is 0.0685 e. The van der Waals surface area contributed by atoms with Crippen LogP contribution in [-0.2, 0) is 26.1 Å². The molecule has 2 heterocycles. The van der Waals surface area contributed by atoms with Gasteiger partial charge in [-0.1, -0.05) is 13.8 Å². The highest BCUT2D eigenvalue weighted by Crippen LogP contribution is 2.18. The Kier molecular flexibility index (Phi) is 3.07. The van der Waals surface area contributed by atoms with Crippen molar-refractivity contribution in [3.8, 4) is 0 Å². The minimum absolute atomic E-state index is 0.594. The topological polar surface area (TPSA) is 55.9 Å². The molecule has 4 heteroatoms. The van der Waals surface area contributed by atoms with Crippen LogP contribution in [0.15, 0.2) is 0 Å². The van der Waals surface area contributed by atoms with Crippen molar-refractivity contribution in [1.29, 1.82) is 0 Å². The number of nitrogens with zero attached hydrogens (tertiary/aromatic N) is 2. The summed E-state index contributed by atoms with van der Waals surface area (Å²) in [7, 11) is 0. The van der Waals surface area contributed by atoms with E-state index in [1.807, 2.05) is 0 Å². The van der Waals surface area contributed by atoms with E-state index in [4.69, 9.17) is 5.73 Å². The van der Waals surface area contributed by atoms with Crippen LogP contribution in [0.1, 0.15) is 30.8 Å². The summed E-state index contributed by atoms with van der Waals surface area (Å²) in [6.45, 7) is 7.95. The van der Waals surface area contributed by atoms with Crippen molar-refractivity contribution < 1.29 is 0 Å². The molecule has 0 aromatic carbocycles. The maximum Gasteiger partial charge on any atom is 0.0685 e. The second-order valence-electron chi connectivity index (χ2n) is 4.58. The van der Waals surface area contributed by atoms with Gasteiger partial charge in [-0.2, -0.15) is 5.10 Å². The number of hydrogen-bond acceptors (Lipinski definition) is 3. The molecule has 15 heavy (non-hydrogen) atoms. The second kappa shape index (κ2) is 4.33. The van der Waals surface area contributed by atoms with Crippen molar-refractivity contribution in [3.63, 3.8) is 0 Å². The molecule has 1 aliphatic rings.